The Balaban J connectivity index is 2.79. The molecule has 0 aliphatic heterocycles. The van der Waals surface area contributed by atoms with E-state index in [2.05, 4.69) is 30.9 Å². The van der Waals surface area contributed by atoms with E-state index in [1.54, 1.807) is 6.33 Å². The van der Waals surface area contributed by atoms with Crippen molar-refractivity contribution < 1.29 is 0 Å². The van der Waals surface area contributed by atoms with Crippen LogP contribution in [-0.2, 0) is 5.33 Å². The zero-order valence-corrected chi connectivity index (χ0v) is 7.30. The third-order valence-corrected chi connectivity index (χ3v) is 2.09. The number of hydrogen-bond donors (Lipinski definition) is 1. The minimum atomic E-state index is 0.768. The van der Waals surface area contributed by atoms with Crippen molar-refractivity contribution in [1.82, 2.24) is 15.0 Å². The first-order valence-electron chi connectivity index (χ1n) is 3.25. The summed E-state index contributed by atoms with van der Waals surface area (Å²) < 4.78 is 0. The van der Waals surface area contributed by atoms with Crippen LogP contribution in [-0.4, -0.2) is 15.0 Å². The molecule has 0 saturated heterocycles. The van der Waals surface area contributed by atoms with E-state index in [-0.39, 0.29) is 0 Å². The molecule has 2 heterocycles. The predicted octanol–water partition coefficient (Wildman–Crippen LogP) is 1.85. The van der Waals surface area contributed by atoms with E-state index in [1.165, 1.54) is 0 Å². The largest absolute Gasteiger partial charge is 0.346 e. The molecule has 2 aromatic rings. The van der Waals surface area contributed by atoms with Crippen LogP contribution in [0.25, 0.3) is 11.0 Å². The van der Waals surface area contributed by atoms with Gasteiger partial charge in [-0.15, -0.1) is 0 Å². The lowest BCUT2D eigenvalue weighted by Crippen LogP contribution is -1.87. The predicted molar refractivity (Wildman–Crippen MR) is 46.5 cm³/mol. The van der Waals surface area contributed by atoms with Crippen molar-refractivity contribution in [3.05, 3.63) is 24.3 Å². The van der Waals surface area contributed by atoms with Gasteiger partial charge in [0.2, 0.25) is 0 Å². The Kier molecular flexibility index (Phi) is 1.62. The number of H-pyrrole nitrogens is 1. The molecule has 2 rings (SSSR count). The fourth-order valence-corrected chi connectivity index (χ4v) is 1.48. The first kappa shape index (κ1) is 6.79. The maximum Gasteiger partial charge on any atom is 0.140 e. The first-order valence-corrected chi connectivity index (χ1v) is 4.37. The Morgan fingerprint density at radius 3 is 3.18 bits per heavy atom. The molecule has 3 nitrogen and oxygen atoms in total. The van der Waals surface area contributed by atoms with Crippen LogP contribution in [0.1, 0.15) is 5.69 Å². The maximum absolute atomic E-state index is 4.12. The number of aromatic nitrogens is 3. The second-order valence-corrected chi connectivity index (χ2v) is 2.75. The number of aromatic amines is 1. The molecular weight excluding hydrogens is 206 g/mol. The normalized spacial score (nSPS) is 10.6. The van der Waals surface area contributed by atoms with Gasteiger partial charge in [-0.1, -0.05) is 15.9 Å². The highest BCUT2D eigenvalue weighted by molar-refractivity contribution is 9.08. The summed E-state index contributed by atoms with van der Waals surface area (Å²) in [5.74, 6) is 0. The van der Waals surface area contributed by atoms with E-state index in [0.29, 0.717) is 0 Å². The van der Waals surface area contributed by atoms with Crippen LogP contribution in [0, 0.1) is 0 Å². The van der Waals surface area contributed by atoms with Crippen molar-refractivity contribution in [2.75, 3.05) is 0 Å². The molecule has 0 unspecified atom stereocenters. The van der Waals surface area contributed by atoms with Gasteiger partial charge in [-0.2, -0.15) is 0 Å². The molecule has 11 heavy (non-hydrogen) atoms. The number of alkyl halides is 1. The van der Waals surface area contributed by atoms with E-state index in [4.69, 9.17) is 0 Å². The van der Waals surface area contributed by atoms with Crippen molar-refractivity contribution >= 4 is 27.0 Å². The summed E-state index contributed by atoms with van der Waals surface area (Å²) in [6.07, 6.45) is 3.43. The molecule has 1 N–H and O–H groups in total. The first-order chi connectivity index (χ1) is 5.42. The zero-order valence-electron chi connectivity index (χ0n) is 5.71. The van der Waals surface area contributed by atoms with Crippen LogP contribution in [0.2, 0.25) is 0 Å². The summed E-state index contributed by atoms with van der Waals surface area (Å²) in [7, 11) is 0. The second-order valence-electron chi connectivity index (χ2n) is 2.19. The minimum Gasteiger partial charge on any atom is -0.346 e. The lowest BCUT2D eigenvalue weighted by molar-refractivity contribution is 1.13. The number of hydrogen-bond acceptors (Lipinski definition) is 2. The number of halogens is 1. The number of fused-ring (bicyclic) bond motifs is 1. The van der Waals surface area contributed by atoms with Gasteiger partial charge in [-0.3, -0.25) is 0 Å². The van der Waals surface area contributed by atoms with E-state index in [0.717, 1.165) is 22.1 Å². The number of rotatable bonds is 1. The molecule has 0 fully saturated rings. The van der Waals surface area contributed by atoms with E-state index in [9.17, 15) is 0 Å². The molecule has 0 atom stereocenters. The van der Waals surface area contributed by atoms with Gasteiger partial charge in [0, 0.05) is 16.9 Å². The third kappa shape index (κ3) is 1.03. The maximum atomic E-state index is 4.12. The molecule has 0 aliphatic rings. The molecule has 0 amide bonds. The number of nitrogens with zero attached hydrogens (tertiary/aromatic N) is 2. The van der Waals surface area contributed by atoms with Gasteiger partial charge in [-0.25, -0.2) is 9.97 Å². The SMILES string of the molecule is BrCc1ncnc2[nH]ccc12. The third-order valence-electron chi connectivity index (χ3n) is 1.56. The van der Waals surface area contributed by atoms with Crippen LogP contribution in [0.4, 0.5) is 0 Å². The molecule has 0 radical (unpaired) electrons. The summed E-state index contributed by atoms with van der Waals surface area (Å²) in [5.41, 5.74) is 1.92. The van der Waals surface area contributed by atoms with Crippen molar-refractivity contribution in [3.63, 3.8) is 0 Å². The Hall–Kier alpha value is -0.900. The Labute approximate surface area is 72.0 Å². The minimum absolute atomic E-state index is 0.768. The van der Waals surface area contributed by atoms with Gasteiger partial charge in [0.1, 0.15) is 12.0 Å². The van der Waals surface area contributed by atoms with Crippen molar-refractivity contribution in [2.24, 2.45) is 0 Å². The van der Waals surface area contributed by atoms with Gasteiger partial charge in [0.25, 0.3) is 0 Å². The van der Waals surface area contributed by atoms with Crippen LogP contribution in [0.15, 0.2) is 18.6 Å². The molecule has 0 bridgehead atoms. The smallest absolute Gasteiger partial charge is 0.140 e. The average Bonchev–Trinajstić information content (AvgIpc) is 2.50. The van der Waals surface area contributed by atoms with Crippen molar-refractivity contribution in [3.8, 4) is 0 Å². The van der Waals surface area contributed by atoms with Crippen LogP contribution in [0.5, 0.6) is 0 Å². The van der Waals surface area contributed by atoms with Crippen LogP contribution < -0.4 is 0 Å². The van der Waals surface area contributed by atoms with Gasteiger partial charge < -0.3 is 4.98 Å². The molecule has 0 aliphatic carbocycles. The quantitative estimate of drug-likeness (QED) is 0.733. The highest BCUT2D eigenvalue weighted by Gasteiger charge is 2.00. The molecule has 2 aromatic heterocycles. The molecule has 0 spiro atoms. The van der Waals surface area contributed by atoms with E-state index >= 15 is 0 Å². The van der Waals surface area contributed by atoms with Gasteiger partial charge in [-0.05, 0) is 6.07 Å². The van der Waals surface area contributed by atoms with Gasteiger partial charge >= 0.3 is 0 Å². The van der Waals surface area contributed by atoms with Gasteiger partial charge in [0.05, 0.1) is 5.69 Å². The lowest BCUT2D eigenvalue weighted by Gasteiger charge is -1.93. The van der Waals surface area contributed by atoms with Crippen molar-refractivity contribution in [1.29, 1.82) is 0 Å². The fraction of sp³-hybridized carbons (Fsp3) is 0.143. The molecule has 56 valence electrons. The Morgan fingerprint density at radius 2 is 2.36 bits per heavy atom. The average molecular weight is 212 g/mol. The van der Waals surface area contributed by atoms with Gasteiger partial charge in [0.15, 0.2) is 0 Å². The summed E-state index contributed by atoms with van der Waals surface area (Å²) in [5, 5.41) is 1.86. The van der Waals surface area contributed by atoms with Crippen LogP contribution >= 0.6 is 15.9 Å². The highest BCUT2D eigenvalue weighted by atomic mass is 79.9. The summed E-state index contributed by atoms with van der Waals surface area (Å²) in [4.78, 5) is 11.2. The second kappa shape index (κ2) is 2.62. The Bertz CT molecular complexity index is 368. The standard InChI is InChI=1S/C7H6BrN3/c8-3-6-5-1-2-9-7(5)11-4-10-6/h1-2,4H,3H2,(H,9,10,11). The zero-order chi connectivity index (χ0) is 7.68. The fourth-order valence-electron chi connectivity index (χ4n) is 1.03. The Morgan fingerprint density at radius 1 is 1.45 bits per heavy atom. The summed E-state index contributed by atoms with van der Waals surface area (Å²) >= 11 is 3.36. The molecular formula is C7H6BrN3. The monoisotopic (exact) mass is 211 g/mol. The van der Waals surface area contributed by atoms with Crippen molar-refractivity contribution in [2.45, 2.75) is 5.33 Å². The van der Waals surface area contributed by atoms with Crippen LogP contribution in [0.3, 0.4) is 0 Å². The van der Waals surface area contributed by atoms with E-state index in [1.807, 2.05) is 12.3 Å². The summed E-state index contributed by atoms with van der Waals surface area (Å²) in [6, 6.07) is 1.98. The molecule has 0 aromatic carbocycles. The highest BCUT2D eigenvalue weighted by Crippen LogP contribution is 2.14. The number of nitrogens with one attached hydrogen (secondary N) is 1. The molecule has 0 saturated carbocycles. The summed E-state index contributed by atoms with van der Waals surface area (Å²) in [6.45, 7) is 0. The van der Waals surface area contributed by atoms with E-state index < -0.39 is 0 Å². The lowest BCUT2D eigenvalue weighted by atomic mass is 10.3. The molecule has 4 heteroatoms. The topological polar surface area (TPSA) is 41.6 Å².